The Labute approximate surface area is 213 Å². The smallest absolute Gasteiger partial charge is 0.230 e. The van der Waals surface area contributed by atoms with E-state index >= 15 is 0 Å². The summed E-state index contributed by atoms with van der Waals surface area (Å²) in [6, 6.07) is 22.1. The molecule has 186 valence electrons. The molecule has 1 fully saturated rings. The van der Waals surface area contributed by atoms with Gasteiger partial charge in [0, 0.05) is 32.2 Å². The number of ether oxygens (including phenoxy) is 2. The van der Waals surface area contributed by atoms with Crippen molar-refractivity contribution in [2.24, 2.45) is 4.99 Å². The zero-order valence-electron chi connectivity index (χ0n) is 21.2. The van der Waals surface area contributed by atoms with E-state index in [2.05, 4.69) is 30.0 Å². The number of amides is 1. The number of nitrogens with zero attached hydrogens (tertiary/aromatic N) is 3. The van der Waals surface area contributed by atoms with Gasteiger partial charge in [-0.2, -0.15) is 0 Å². The molecule has 0 bridgehead atoms. The number of hydrogen-bond donors (Lipinski definition) is 0. The van der Waals surface area contributed by atoms with Gasteiger partial charge in [0.2, 0.25) is 5.91 Å². The summed E-state index contributed by atoms with van der Waals surface area (Å²) < 4.78 is 11.8. The Balaban J connectivity index is 1.43. The topological polar surface area (TPSA) is 54.4 Å². The third-order valence-corrected chi connectivity index (χ3v) is 7.01. The number of aryl methyl sites for hydroxylation is 1. The van der Waals surface area contributed by atoms with Gasteiger partial charge in [0.15, 0.2) is 5.75 Å². The molecule has 0 spiro atoms. The number of rotatable bonds is 4. The second-order valence-corrected chi connectivity index (χ2v) is 9.41. The fraction of sp³-hybridized carbons (Fsp3) is 0.333. The highest BCUT2D eigenvalue weighted by molar-refractivity contribution is 6.04. The maximum atomic E-state index is 13.5. The first-order valence-corrected chi connectivity index (χ1v) is 12.7. The van der Waals surface area contributed by atoms with Crippen LogP contribution in [-0.2, 0) is 4.79 Å². The van der Waals surface area contributed by atoms with Crippen LogP contribution in [0.5, 0.6) is 17.2 Å². The average molecular weight is 484 g/mol. The molecule has 6 heteroatoms. The van der Waals surface area contributed by atoms with E-state index in [0.29, 0.717) is 13.1 Å². The summed E-state index contributed by atoms with van der Waals surface area (Å²) in [6.45, 7) is 7.07. The van der Waals surface area contributed by atoms with Gasteiger partial charge in [-0.1, -0.05) is 43.3 Å². The molecular weight excluding hydrogens is 450 g/mol. The Bertz CT molecular complexity index is 1270. The van der Waals surface area contributed by atoms with E-state index in [9.17, 15) is 4.79 Å². The van der Waals surface area contributed by atoms with Crippen molar-refractivity contribution >= 4 is 17.4 Å². The summed E-state index contributed by atoms with van der Waals surface area (Å²) in [5, 5.41) is 0. The Morgan fingerprint density at radius 2 is 1.83 bits per heavy atom. The number of benzene rings is 3. The Kier molecular flexibility index (Phi) is 6.94. The van der Waals surface area contributed by atoms with Crippen molar-refractivity contribution < 1.29 is 14.3 Å². The number of aliphatic imine (C=N–C) groups is 1. The molecule has 1 atom stereocenters. The van der Waals surface area contributed by atoms with E-state index in [0.717, 1.165) is 71.4 Å². The molecule has 3 aromatic carbocycles. The van der Waals surface area contributed by atoms with Gasteiger partial charge in [-0.15, -0.1) is 0 Å². The summed E-state index contributed by atoms with van der Waals surface area (Å²) in [7, 11) is 1.66. The van der Waals surface area contributed by atoms with E-state index in [1.165, 1.54) is 0 Å². The molecule has 0 saturated carbocycles. The molecule has 1 amide bonds. The van der Waals surface area contributed by atoms with E-state index in [1.807, 2.05) is 60.4 Å². The van der Waals surface area contributed by atoms with Crippen molar-refractivity contribution in [2.45, 2.75) is 32.6 Å². The third-order valence-electron chi connectivity index (χ3n) is 7.01. The van der Waals surface area contributed by atoms with Crippen LogP contribution in [0.1, 0.15) is 42.4 Å². The number of amidine groups is 1. The third kappa shape index (κ3) is 4.81. The molecule has 0 N–H and O–H groups in total. The van der Waals surface area contributed by atoms with Gasteiger partial charge < -0.3 is 19.3 Å². The van der Waals surface area contributed by atoms with Crippen molar-refractivity contribution in [3.8, 4) is 17.2 Å². The van der Waals surface area contributed by atoms with Gasteiger partial charge in [0.1, 0.15) is 23.0 Å². The predicted molar refractivity (Wildman–Crippen MR) is 143 cm³/mol. The van der Waals surface area contributed by atoms with Crippen LogP contribution in [0.2, 0.25) is 0 Å². The van der Waals surface area contributed by atoms with Gasteiger partial charge >= 0.3 is 0 Å². The largest absolute Gasteiger partial charge is 0.497 e. The standard InChI is InChI=1S/C30H33N3O3/c1-4-24(22-9-6-5-7-10-22)30(34)33-16-8-15-32(17-18-33)29-25-13-12-23(35-3)20-27(25)36-28-19-21(2)11-14-26(28)31-29/h5-7,9-14,19-20,24H,4,8,15-18H2,1-3H3/t24-/m0/s1. The molecule has 36 heavy (non-hydrogen) atoms. The van der Waals surface area contributed by atoms with E-state index < -0.39 is 0 Å². The number of hydrogen-bond acceptors (Lipinski definition) is 5. The molecule has 2 heterocycles. The van der Waals surface area contributed by atoms with Crippen LogP contribution in [0.3, 0.4) is 0 Å². The Morgan fingerprint density at radius 3 is 2.61 bits per heavy atom. The number of methoxy groups -OCH3 is 1. The van der Waals surface area contributed by atoms with Crippen molar-refractivity contribution in [3.63, 3.8) is 0 Å². The van der Waals surface area contributed by atoms with E-state index in [4.69, 9.17) is 14.5 Å². The fourth-order valence-electron chi connectivity index (χ4n) is 5.04. The molecule has 0 aliphatic carbocycles. The minimum Gasteiger partial charge on any atom is -0.497 e. The minimum atomic E-state index is -0.107. The van der Waals surface area contributed by atoms with Gasteiger partial charge in [-0.3, -0.25) is 4.79 Å². The van der Waals surface area contributed by atoms with Gasteiger partial charge in [0.05, 0.1) is 18.6 Å². The van der Waals surface area contributed by atoms with Crippen molar-refractivity contribution in [2.75, 3.05) is 33.3 Å². The molecule has 0 unspecified atom stereocenters. The lowest BCUT2D eigenvalue weighted by molar-refractivity contribution is -0.132. The molecule has 0 aromatic heterocycles. The SMILES string of the molecule is CC[C@H](C(=O)N1CCCN(C2=Nc3ccc(C)cc3Oc3cc(OC)ccc32)CC1)c1ccccc1. The van der Waals surface area contributed by atoms with Crippen LogP contribution in [-0.4, -0.2) is 54.8 Å². The Hall–Kier alpha value is -3.80. The van der Waals surface area contributed by atoms with Crippen LogP contribution < -0.4 is 9.47 Å². The lowest BCUT2D eigenvalue weighted by Gasteiger charge is -2.27. The molecule has 5 rings (SSSR count). The highest BCUT2D eigenvalue weighted by Crippen LogP contribution is 2.40. The first-order valence-electron chi connectivity index (χ1n) is 12.7. The number of fused-ring (bicyclic) bond motifs is 2. The van der Waals surface area contributed by atoms with Crippen LogP contribution in [0.25, 0.3) is 0 Å². The zero-order chi connectivity index (χ0) is 25.1. The summed E-state index contributed by atoms with van der Waals surface area (Å²) in [6.07, 6.45) is 1.67. The second kappa shape index (κ2) is 10.4. The highest BCUT2D eigenvalue weighted by Gasteiger charge is 2.29. The normalized spacial score (nSPS) is 16.0. The first-order chi connectivity index (χ1) is 17.6. The molecule has 6 nitrogen and oxygen atoms in total. The summed E-state index contributed by atoms with van der Waals surface area (Å²) >= 11 is 0. The quantitative estimate of drug-likeness (QED) is 0.463. The summed E-state index contributed by atoms with van der Waals surface area (Å²) in [5.41, 5.74) is 3.94. The van der Waals surface area contributed by atoms with E-state index in [-0.39, 0.29) is 11.8 Å². The van der Waals surface area contributed by atoms with Crippen LogP contribution in [0.15, 0.2) is 71.7 Å². The first kappa shape index (κ1) is 23.9. The second-order valence-electron chi connectivity index (χ2n) is 9.41. The van der Waals surface area contributed by atoms with Crippen LogP contribution >= 0.6 is 0 Å². The summed E-state index contributed by atoms with van der Waals surface area (Å²) in [5.74, 6) is 3.18. The number of carbonyl (C=O) groups is 1. The molecule has 1 saturated heterocycles. The molecule has 2 aliphatic heterocycles. The summed E-state index contributed by atoms with van der Waals surface area (Å²) in [4.78, 5) is 22.9. The Morgan fingerprint density at radius 1 is 1.00 bits per heavy atom. The van der Waals surface area contributed by atoms with Crippen molar-refractivity contribution in [1.29, 1.82) is 0 Å². The molecular formula is C30H33N3O3. The van der Waals surface area contributed by atoms with Crippen LogP contribution in [0, 0.1) is 6.92 Å². The molecule has 0 radical (unpaired) electrons. The number of carbonyl (C=O) groups excluding carboxylic acids is 1. The monoisotopic (exact) mass is 483 g/mol. The lowest BCUT2D eigenvalue weighted by atomic mass is 9.95. The maximum Gasteiger partial charge on any atom is 0.230 e. The van der Waals surface area contributed by atoms with Crippen molar-refractivity contribution in [1.82, 2.24) is 9.80 Å². The van der Waals surface area contributed by atoms with Crippen molar-refractivity contribution in [3.05, 3.63) is 83.4 Å². The molecule has 3 aromatic rings. The maximum absolute atomic E-state index is 13.5. The highest BCUT2D eigenvalue weighted by atomic mass is 16.5. The average Bonchev–Trinajstić information content (AvgIpc) is 3.24. The minimum absolute atomic E-state index is 0.107. The molecule has 2 aliphatic rings. The van der Waals surface area contributed by atoms with Gasteiger partial charge in [0.25, 0.3) is 0 Å². The predicted octanol–water partition coefficient (Wildman–Crippen LogP) is 5.92. The van der Waals surface area contributed by atoms with E-state index in [1.54, 1.807) is 7.11 Å². The van der Waals surface area contributed by atoms with Gasteiger partial charge in [-0.25, -0.2) is 4.99 Å². The van der Waals surface area contributed by atoms with Crippen LogP contribution in [0.4, 0.5) is 5.69 Å². The fourth-order valence-corrected chi connectivity index (χ4v) is 5.04. The van der Waals surface area contributed by atoms with Gasteiger partial charge in [-0.05, 0) is 55.2 Å². The lowest BCUT2D eigenvalue weighted by Crippen LogP contribution is -2.39. The zero-order valence-corrected chi connectivity index (χ0v) is 21.2.